The summed E-state index contributed by atoms with van der Waals surface area (Å²) >= 11 is 0. The van der Waals surface area contributed by atoms with E-state index in [0.717, 1.165) is 38.9 Å². The second kappa shape index (κ2) is 8.54. The van der Waals surface area contributed by atoms with Gasteiger partial charge in [0, 0.05) is 31.1 Å². The molecule has 2 amide bonds. The zero-order valence-corrected chi connectivity index (χ0v) is 13.2. The number of likely N-dealkylation sites (tertiary alicyclic amines) is 1. The van der Waals surface area contributed by atoms with Gasteiger partial charge in [0.2, 0.25) is 5.91 Å². The van der Waals surface area contributed by atoms with Gasteiger partial charge in [-0.1, -0.05) is 18.2 Å². The number of nitrogens with one attached hydrogen (secondary N) is 2. The predicted octanol–water partition coefficient (Wildman–Crippen LogP) is 1.41. The summed E-state index contributed by atoms with van der Waals surface area (Å²) in [5.74, 6) is 0.197. The van der Waals surface area contributed by atoms with Crippen molar-refractivity contribution in [1.29, 1.82) is 0 Å². The van der Waals surface area contributed by atoms with E-state index in [4.69, 9.17) is 0 Å². The van der Waals surface area contributed by atoms with Crippen LogP contribution in [0.5, 0.6) is 0 Å². The Morgan fingerprint density at radius 1 is 1.18 bits per heavy atom. The van der Waals surface area contributed by atoms with E-state index in [1.54, 1.807) is 0 Å². The van der Waals surface area contributed by atoms with Gasteiger partial charge in [0.15, 0.2) is 0 Å². The zero-order valence-electron chi connectivity index (χ0n) is 13.2. The van der Waals surface area contributed by atoms with Crippen molar-refractivity contribution >= 4 is 11.8 Å². The number of nitrogens with zero attached hydrogens (tertiary/aromatic N) is 1. The van der Waals surface area contributed by atoms with Crippen molar-refractivity contribution in [3.05, 3.63) is 35.9 Å². The highest BCUT2D eigenvalue weighted by Crippen LogP contribution is 2.13. The number of amides is 2. The molecule has 1 fully saturated rings. The third-order valence-electron chi connectivity index (χ3n) is 4.04. The molecule has 2 N–H and O–H groups in total. The molecule has 5 heteroatoms. The van der Waals surface area contributed by atoms with Gasteiger partial charge in [-0.3, -0.25) is 9.59 Å². The fourth-order valence-electron chi connectivity index (χ4n) is 2.71. The Labute approximate surface area is 132 Å². The van der Waals surface area contributed by atoms with E-state index in [1.165, 1.54) is 0 Å². The molecule has 0 aliphatic carbocycles. The quantitative estimate of drug-likeness (QED) is 0.781. The van der Waals surface area contributed by atoms with Crippen molar-refractivity contribution in [2.24, 2.45) is 0 Å². The van der Waals surface area contributed by atoms with Crippen molar-refractivity contribution in [3.63, 3.8) is 0 Å². The molecule has 1 aliphatic rings. The van der Waals surface area contributed by atoms with Crippen LogP contribution < -0.4 is 10.6 Å². The van der Waals surface area contributed by atoms with Crippen LogP contribution in [0.2, 0.25) is 0 Å². The van der Waals surface area contributed by atoms with Crippen LogP contribution >= 0.6 is 0 Å². The molecule has 0 aromatic heterocycles. The second-order valence-corrected chi connectivity index (χ2v) is 5.70. The molecule has 22 heavy (non-hydrogen) atoms. The van der Waals surface area contributed by atoms with E-state index in [0.29, 0.717) is 12.0 Å². The molecule has 0 unspecified atom stereocenters. The average Bonchev–Trinajstić information content (AvgIpc) is 2.56. The lowest BCUT2D eigenvalue weighted by atomic mass is 10.0. The number of carbonyl (C=O) groups excluding carboxylic acids is 2. The number of carbonyl (C=O) groups is 2. The van der Waals surface area contributed by atoms with Crippen LogP contribution in [0.4, 0.5) is 0 Å². The highest BCUT2D eigenvalue weighted by molar-refractivity contribution is 5.94. The largest absolute Gasteiger partial charge is 0.349 e. The van der Waals surface area contributed by atoms with Gasteiger partial charge in [-0.25, -0.2) is 0 Å². The summed E-state index contributed by atoms with van der Waals surface area (Å²) in [6.07, 6.45) is 3.13. The van der Waals surface area contributed by atoms with Crippen molar-refractivity contribution in [2.45, 2.75) is 31.7 Å². The van der Waals surface area contributed by atoms with Gasteiger partial charge < -0.3 is 15.5 Å². The van der Waals surface area contributed by atoms with Gasteiger partial charge in [-0.05, 0) is 45.0 Å². The normalized spacial score (nSPS) is 15.6. The second-order valence-electron chi connectivity index (χ2n) is 5.70. The number of hydrogen-bond donors (Lipinski definition) is 2. The van der Waals surface area contributed by atoms with Crippen molar-refractivity contribution < 1.29 is 9.59 Å². The Morgan fingerprint density at radius 3 is 2.50 bits per heavy atom. The van der Waals surface area contributed by atoms with Gasteiger partial charge in [-0.2, -0.15) is 0 Å². The molecule has 1 saturated heterocycles. The summed E-state index contributed by atoms with van der Waals surface area (Å²) in [7, 11) is 1.89. The molecule has 0 spiro atoms. The molecule has 5 nitrogen and oxygen atoms in total. The lowest BCUT2D eigenvalue weighted by Gasteiger charge is -2.32. The summed E-state index contributed by atoms with van der Waals surface area (Å²) in [4.78, 5) is 26.1. The van der Waals surface area contributed by atoms with Crippen LogP contribution in [0.3, 0.4) is 0 Å². The number of benzene rings is 1. The number of piperidine rings is 1. The van der Waals surface area contributed by atoms with Crippen LogP contribution in [-0.2, 0) is 4.79 Å². The highest BCUT2D eigenvalue weighted by Gasteiger charge is 2.23. The minimum atomic E-state index is -0.0283. The van der Waals surface area contributed by atoms with E-state index < -0.39 is 0 Å². The SMILES string of the molecule is CNCCCC(=O)N1CCC(NC(=O)c2ccccc2)CC1. The van der Waals surface area contributed by atoms with E-state index in [9.17, 15) is 9.59 Å². The minimum Gasteiger partial charge on any atom is -0.349 e. The van der Waals surface area contributed by atoms with Gasteiger partial charge in [0.1, 0.15) is 0 Å². The fourth-order valence-corrected chi connectivity index (χ4v) is 2.71. The minimum absolute atomic E-state index is 0.0283. The highest BCUT2D eigenvalue weighted by atomic mass is 16.2. The zero-order chi connectivity index (χ0) is 15.8. The fraction of sp³-hybridized carbons (Fsp3) is 0.529. The summed E-state index contributed by atoms with van der Waals surface area (Å²) in [6, 6.07) is 9.41. The molecule has 120 valence electrons. The van der Waals surface area contributed by atoms with Crippen LogP contribution in [0, 0.1) is 0 Å². The first-order valence-corrected chi connectivity index (χ1v) is 7.99. The topological polar surface area (TPSA) is 61.4 Å². The molecule has 1 aliphatic heterocycles. The molecular formula is C17H25N3O2. The Morgan fingerprint density at radius 2 is 1.86 bits per heavy atom. The standard InChI is InChI=1S/C17H25N3O2/c1-18-11-5-8-16(21)20-12-9-15(10-13-20)19-17(22)14-6-3-2-4-7-14/h2-4,6-7,15,18H,5,8-13H2,1H3,(H,19,22). The number of hydrogen-bond acceptors (Lipinski definition) is 3. The Bertz CT molecular complexity index is 482. The van der Waals surface area contributed by atoms with Gasteiger partial charge in [0.25, 0.3) is 5.91 Å². The summed E-state index contributed by atoms with van der Waals surface area (Å²) in [6.45, 7) is 2.34. The Hall–Kier alpha value is -1.88. The molecule has 1 aromatic rings. The van der Waals surface area contributed by atoms with Crippen LogP contribution in [0.1, 0.15) is 36.0 Å². The van der Waals surface area contributed by atoms with Gasteiger partial charge in [-0.15, -0.1) is 0 Å². The smallest absolute Gasteiger partial charge is 0.251 e. The lowest BCUT2D eigenvalue weighted by molar-refractivity contribution is -0.132. The first-order valence-electron chi connectivity index (χ1n) is 7.99. The molecule has 0 radical (unpaired) electrons. The van der Waals surface area contributed by atoms with Crippen molar-refractivity contribution in [3.8, 4) is 0 Å². The van der Waals surface area contributed by atoms with Gasteiger partial charge in [0.05, 0.1) is 0 Å². The maximum Gasteiger partial charge on any atom is 0.251 e. The molecular weight excluding hydrogens is 278 g/mol. The van der Waals surface area contributed by atoms with Crippen LogP contribution in [0.25, 0.3) is 0 Å². The van der Waals surface area contributed by atoms with Crippen LogP contribution in [0.15, 0.2) is 30.3 Å². The molecule has 1 aromatic carbocycles. The summed E-state index contributed by atoms with van der Waals surface area (Å²) in [5.41, 5.74) is 0.688. The third-order valence-corrected chi connectivity index (χ3v) is 4.04. The Balaban J connectivity index is 1.73. The van der Waals surface area contributed by atoms with E-state index in [2.05, 4.69) is 10.6 Å². The molecule has 1 heterocycles. The van der Waals surface area contributed by atoms with E-state index in [1.807, 2.05) is 42.3 Å². The molecule has 2 rings (SSSR count). The van der Waals surface area contributed by atoms with E-state index >= 15 is 0 Å². The van der Waals surface area contributed by atoms with Gasteiger partial charge >= 0.3 is 0 Å². The summed E-state index contributed by atoms with van der Waals surface area (Å²) in [5, 5.41) is 6.11. The maximum absolute atomic E-state index is 12.1. The third kappa shape index (κ3) is 4.84. The first-order chi connectivity index (χ1) is 10.7. The number of rotatable bonds is 6. The summed E-state index contributed by atoms with van der Waals surface area (Å²) < 4.78 is 0. The monoisotopic (exact) mass is 303 g/mol. The Kier molecular flexibility index (Phi) is 6.40. The van der Waals surface area contributed by atoms with Crippen LogP contribution in [-0.4, -0.2) is 49.4 Å². The predicted molar refractivity (Wildman–Crippen MR) is 86.7 cm³/mol. The lowest BCUT2D eigenvalue weighted by Crippen LogP contribution is -2.46. The first kappa shape index (κ1) is 16.5. The average molecular weight is 303 g/mol. The van der Waals surface area contributed by atoms with E-state index in [-0.39, 0.29) is 17.9 Å². The van der Waals surface area contributed by atoms with Crippen molar-refractivity contribution in [1.82, 2.24) is 15.5 Å². The molecule has 0 saturated carbocycles. The maximum atomic E-state index is 12.1. The molecule has 0 atom stereocenters. The molecule has 0 bridgehead atoms. The van der Waals surface area contributed by atoms with Crippen molar-refractivity contribution in [2.75, 3.05) is 26.7 Å².